The molecule has 0 saturated heterocycles. The number of nitrogens with zero attached hydrogens (tertiary/aromatic N) is 1. The average molecular weight is 396 g/mol. The summed E-state index contributed by atoms with van der Waals surface area (Å²) in [4.78, 5) is 26.7. The first-order valence-corrected chi connectivity index (χ1v) is 10.2. The first kappa shape index (κ1) is 19.6. The van der Waals surface area contributed by atoms with Crippen LogP contribution in [0.2, 0.25) is 0 Å². The molecule has 0 spiro atoms. The van der Waals surface area contributed by atoms with Crippen LogP contribution in [0.3, 0.4) is 0 Å². The number of benzene rings is 3. The Morgan fingerprint density at radius 3 is 2.07 bits per heavy atom. The van der Waals surface area contributed by atoms with E-state index in [1.54, 1.807) is 10.6 Å². The highest BCUT2D eigenvalue weighted by Gasteiger charge is 2.22. The van der Waals surface area contributed by atoms with Gasteiger partial charge in [0.15, 0.2) is 0 Å². The number of pyridine rings is 1. The summed E-state index contributed by atoms with van der Waals surface area (Å²) < 4.78 is 1.63. The Bertz CT molecular complexity index is 1240. The van der Waals surface area contributed by atoms with Crippen LogP contribution in [-0.2, 0) is 0 Å². The lowest BCUT2D eigenvalue weighted by molar-refractivity contribution is 0.0936. The zero-order chi connectivity index (χ0) is 21.1. The van der Waals surface area contributed by atoms with E-state index in [1.165, 1.54) is 0 Å². The summed E-state index contributed by atoms with van der Waals surface area (Å²) in [5.74, 6) is -0.177. The van der Waals surface area contributed by atoms with Gasteiger partial charge in [-0.3, -0.25) is 14.2 Å². The fourth-order valence-corrected chi connectivity index (χ4v) is 3.98. The minimum atomic E-state index is -0.177. The number of amides is 1. The molecule has 0 fully saturated rings. The van der Waals surface area contributed by atoms with Crippen LogP contribution < -0.4 is 10.9 Å². The van der Waals surface area contributed by atoms with E-state index in [-0.39, 0.29) is 17.5 Å². The fourth-order valence-electron chi connectivity index (χ4n) is 3.98. The molecule has 0 aliphatic carbocycles. The number of hydrogen-bond donors (Lipinski definition) is 1. The molecule has 1 amide bonds. The quantitative estimate of drug-likeness (QED) is 0.505. The molecule has 0 unspecified atom stereocenters. The third-order valence-corrected chi connectivity index (χ3v) is 5.48. The lowest BCUT2D eigenvalue weighted by Gasteiger charge is -2.21. The van der Waals surface area contributed by atoms with Gasteiger partial charge in [0.2, 0.25) is 0 Å². The largest absolute Gasteiger partial charge is 0.345 e. The van der Waals surface area contributed by atoms with Gasteiger partial charge in [-0.05, 0) is 37.1 Å². The molecule has 0 saturated carbocycles. The summed E-state index contributed by atoms with van der Waals surface area (Å²) in [5, 5.41) is 4.38. The lowest BCUT2D eigenvalue weighted by Crippen LogP contribution is -2.32. The molecule has 0 aliphatic heterocycles. The number of fused-ring (bicyclic) bond motifs is 1. The van der Waals surface area contributed by atoms with Crippen molar-refractivity contribution < 1.29 is 4.79 Å². The van der Waals surface area contributed by atoms with Crippen LogP contribution in [-0.4, -0.2) is 10.5 Å². The Balaban J connectivity index is 1.88. The Morgan fingerprint density at radius 1 is 0.867 bits per heavy atom. The molecule has 0 radical (unpaired) electrons. The third-order valence-electron chi connectivity index (χ3n) is 5.48. The van der Waals surface area contributed by atoms with Crippen molar-refractivity contribution in [1.29, 1.82) is 0 Å². The van der Waals surface area contributed by atoms with Gasteiger partial charge in [-0.1, -0.05) is 73.7 Å². The molecule has 4 aromatic rings. The second kappa shape index (κ2) is 8.37. The number of hydrogen-bond acceptors (Lipinski definition) is 2. The van der Waals surface area contributed by atoms with Gasteiger partial charge in [-0.15, -0.1) is 0 Å². The van der Waals surface area contributed by atoms with Crippen molar-refractivity contribution in [1.82, 2.24) is 9.88 Å². The summed E-state index contributed by atoms with van der Waals surface area (Å²) in [6.07, 6.45) is 0.769. The van der Waals surface area contributed by atoms with Gasteiger partial charge in [0.1, 0.15) is 0 Å². The zero-order valence-electron chi connectivity index (χ0n) is 17.1. The minimum absolute atomic E-state index is 0.103. The van der Waals surface area contributed by atoms with E-state index in [2.05, 4.69) is 5.32 Å². The maximum atomic E-state index is 13.5. The molecule has 0 bridgehead atoms. The van der Waals surface area contributed by atoms with Gasteiger partial charge in [0.25, 0.3) is 11.5 Å². The van der Waals surface area contributed by atoms with Gasteiger partial charge in [-0.2, -0.15) is 0 Å². The SMILES string of the molecule is CC[C@@H](NC(=O)c1c(C)n(-c2ccccc2)c(=O)c2ccccc12)c1ccccc1. The maximum absolute atomic E-state index is 13.5. The Hall–Kier alpha value is -3.66. The van der Waals surface area contributed by atoms with Gasteiger partial charge >= 0.3 is 0 Å². The summed E-state index contributed by atoms with van der Waals surface area (Å²) >= 11 is 0. The highest BCUT2D eigenvalue weighted by atomic mass is 16.2. The molecule has 0 aliphatic rings. The van der Waals surface area contributed by atoms with Crippen molar-refractivity contribution in [3.63, 3.8) is 0 Å². The van der Waals surface area contributed by atoms with E-state index in [4.69, 9.17) is 0 Å². The van der Waals surface area contributed by atoms with Crippen LogP contribution in [0.4, 0.5) is 0 Å². The molecule has 4 rings (SSSR count). The van der Waals surface area contributed by atoms with Crippen molar-refractivity contribution >= 4 is 16.7 Å². The van der Waals surface area contributed by atoms with Gasteiger partial charge in [0.05, 0.1) is 11.6 Å². The van der Waals surface area contributed by atoms with E-state index in [0.717, 1.165) is 17.7 Å². The molecule has 1 N–H and O–H groups in total. The maximum Gasteiger partial charge on any atom is 0.263 e. The topological polar surface area (TPSA) is 51.1 Å². The summed E-state index contributed by atoms with van der Waals surface area (Å²) in [6, 6.07) is 26.6. The number of carbonyl (C=O) groups is 1. The van der Waals surface area contributed by atoms with Gasteiger partial charge in [-0.25, -0.2) is 0 Å². The van der Waals surface area contributed by atoms with Crippen LogP contribution in [0.5, 0.6) is 0 Å². The predicted molar refractivity (Wildman–Crippen MR) is 121 cm³/mol. The van der Waals surface area contributed by atoms with Gasteiger partial charge in [0, 0.05) is 22.2 Å². The van der Waals surface area contributed by atoms with Crippen molar-refractivity contribution in [3.05, 3.63) is 112 Å². The molecule has 1 aromatic heterocycles. The Kier molecular flexibility index (Phi) is 5.48. The van der Waals surface area contributed by atoms with Crippen LogP contribution in [0, 0.1) is 6.92 Å². The first-order valence-electron chi connectivity index (χ1n) is 10.2. The van der Waals surface area contributed by atoms with Crippen LogP contribution in [0.15, 0.2) is 89.7 Å². The summed E-state index contributed by atoms with van der Waals surface area (Å²) in [5.41, 5.74) is 2.84. The van der Waals surface area contributed by atoms with E-state index in [9.17, 15) is 9.59 Å². The Labute approximate surface area is 175 Å². The van der Waals surface area contributed by atoms with E-state index >= 15 is 0 Å². The van der Waals surface area contributed by atoms with Crippen LogP contribution >= 0.6 is 0 Å². The molecule has 150 valence electrons. The highest BCUT2D eigenvalue weighted by Crippen LogP contribution is 2.24. The van der Waals surface area contributed by atoms with E-state index in [1.807, 2.05) is 92.7 Å². The van der Waals surface area contributed by atoms with Crippen molar-refractivity contribution in [3.8, 4) is 5.69 Å². The van der Waals surface area contributed by atoms with E-state index < -0.39 is 0 Å². The van der Waals surface area contributed by atoms with Crippen molar-refractivity contribution in [2.75, 3.05) is 0 Å². The molecular formula is C26H24N2O2. The van der Waals surface area contributed by atoms with Crippen LogP contribution in [0.25, 0.3) is 16.5 Å². The Morgan fingerprint density at radius 2 is 1.43 bits per heavy atom. The monoisotopic (exact) mass is 396 g/mol. The number of carbonyl (C=O) groups excluding carboxylic acids is 1. The highest BCUT2D eigenvalue weighted by molar-refractivity contribution is 6.08. The number of nitrogens with one attached hydrogen (secondary N) is 1. The second-order valence-corrected chi connectivity index (χ2v) is 7.33. The third kappa shape index (κ3) is 3.52. The van der Waals surface area contributed by atoms with Gasteiger partial charge < -0.3 is 5.32 Å². The van der Waals surface area contributed by atoms with Crippen LogP contribution in [0.1, 0.15) is 41.0 Å². The minimum Gasteiger partial charge on any atom is -0.345 e. The number of aromatic nitrogens is 1. The first-order chi connectivity index (χ1) is 14.6. The summed E-state index contributed by atoms with van der Waals surface area (Å²) in [7, 11) is 0. The normalized spacial score (nSPS) is 11.9. The van der Waals surface area contributed by atoms with E-state index in [0.29, 0.717) is 22.0 Å². The van der Waals surface area contributed by atoms with Crippen molar-refractivity contribution in [2.24, 2.45) is 0 Å². The standard InChI is InChI=1S/C26H24N2O2/c1-3-23(19-12-6-4-7-13-19)27-25(29)24-18(2)28(20-14-8-5-9-15-20)26(30)22-17-11-10-16-21(22)24/h4-17,23H,3H2,1-2H3,(H,27,29)/t23-/m1/s1. The summed E-state index contributed by atoms with van der Waals surface area (Å²) in [6.45, 7) is 3.88. The molecule has 30 heavy (non-hydrogen) atoms. The molecule has 4 nitrogen and oxygen atoms in total. The lowest BCUT2D eigenvalue weighted by atomic mass is 10.0. The number of rotatable bonds is 5. The average Bonchev–Trinajstić information content (AvgIpc) is 2.79. The fraction of sp³-hybridized carbons (Fsp3) is 0.154. The zero-order valence-corrected chi connectivity index (χ0v) is 17.1. The second-order valence-electron chi connectivity index (χ2n) is 7.33. The molecule has 1 atom stereocenters. The smallest absolute Gasteiger partial charge is 0.263 e. The van der Waals surface area contributed by atoms with Crippen molar-refractivity contribution in [2.45, 2.75) is 26.3 Å². The molecular weight excluding hydrogens is 372 g/mol. The molecule has 4 heteroatoms. The predicted octanol–water partition coefficient (Wildman–Crippen LogP) is 5.18. The molecule has 1 heterocycles. The number of para-hydroxylation sites is 1. The molecule has 3 aromatic carbocycles.